The van der Waals surface area contributed by atoms with E-state index in [1.54, 1.807) is 0 Å². The first-order valence-electron chi connectivity index (χ1n) is 4.16. The van der Waals surface area contributed by atoms with Crippen LogP contribution in [-0.4, -0.2) is 11.2 Å². The van der Waals surface area contributed by atoms with Gasteiger partial charge in [0.05, 0.1) is 0 Å². The molecule has 0 aromatic heterocycles. The van der Waals surface area contributed by atoms with Crippen LogP contribution in [-0.2, 0) is 4.79 Å². The van der Waals surface area contributed by atoms with Crippen LogP contribution in [0.3, 0.4) is 0 Å². The van der Waals surface area contributed by atoms with Gasteiger partial charge in [-0.25, -0.2) is 0 Å². The zero-order valence-electron chi connectivity index (χ0n) is 7.25. The highest BCUT2D eigenvalue weighted by atomic mass is 35.5. The third-order valence-corrected chi connectivity index (χ3v) is 2.84. The second kappa shape index (κ2) is 3.00. The molecule has 13 heavy (non-hydrogen) atoms. The average molecular weight is 193 g/mol. The van der Waals surface area contributed by atoms with Crippen molar-refractivity contribution in [2.45, 2.75) is 12.3 Å². The highest BCUT2D eigenvalue weighted by Gasteiger charge is 2.34. The molecular weight excluding hydrogens is 184 g/mol. The molecule has 0 saturated heterocycles. The molecule has 0 amide bonds. The molecule has 0 saturated carbocycles. The summed E-state index contributed by atoms with van der Waals surface area (Å²) < 4.78 is 0. The first-order valence-corrected chi connectivity index (χ1v) is 4.60. The van der Waals surface area contributed by atoms with Crippen LogP contribution < -0.4 is 0 Å². The molecule has 1 aliphatic carbocycles. The molecule has 1 nitrogen and oxygen atoms in total. The Kier molecular flexibility index (Phi) is 1.97. The van der Waals surface area contributed by atoms with Crippen molar-refractivity contribution in [2.24, 2.45) is 0 Å². The van der Waals surface area contributed by atoms with Crippen LogP contribution in [0.1, 0.15) is 12.5 Å². The highest BCUT2D eigenvalue weighted by molar-refractivity contribution is 6.49. The Balaban J connectivity index is 2.45. The molecule has 0 spiro atoms. The molecule has 0 aliphatic heterocycles. The van der Waals surface area contributed by atoms with Crippen LogP contribution in [0.2, 0.25) is 0 Å². The summed E-state index contributed by atoms with van der Waals surface area (Å²) in [5.41, 5.74) is 2.75. The molecule has 0 fully saturated rings. The van der Waals surface area contributed by atoms with E-state index in [1.807, 2.05) is 37.3 Å². The molecule has 1 unspecified atom stereocenters. The molecule has 0 radical (unpaired) electrons. The number of rotatable bonds is 1. The lowest BCUT2D eigenvalue weighted by Crippen LogP contribution is -2.29. The predicted octanol–water partition coefficient (Wildman–Crippen LogP) is 2.65. The number of carbonyl (C=O) groups excluding carboxylic acids is 1. The van der Waals surface area contributed by atoms with E-state index >= 15 is 0 Å². The van der Waals surface area contributed by atoms with Gasteiger partial charge in [-0.15, -0.1) is 11.6 Å². The van der Waals surface area contributed by atoms with Gasteiger partial charge in [-0.05, 0) is 18.1 Å². The monoisotopic (exact) mass is 192 g/mol. The number of hydrogen-bond acceptors (Lipinski definition) is 1. The number of ketones is 1. The van der Waals surface area contributed by atoms with E-state index in [2.05, 4.69) is 0 Å². The Bertz CT molecular complexity index is 378. The molecule has 0 heterocycles. The topological polar surface area (TPSA) is 17.1 Å². The van der Waals surface area contributed by atoms with E-state index in [4.69, 9.17) is 11.6 Å². The van der Waals surface area contributed by atoms with Crippen molar-refractivity contribution in [1.82, 2.24) is 0 Å². The van der Waals surface area contributed by atoms with Gasteiger partial charge in [0.15, 0.2) is 5.78 Å². The quantitative estimate of drug-likeness (QED) is 0.626. The van der Waals surface area contributed by atoms with Gasteiger partial charge in [-0.3, -0.25) is 4.79 Å². The van der Waals surface area contributed by atoms with Crippen LogP contribution in [0.5, 0.6) is 0 Å². The Morgan fingerprint density at radius 1 is 1.23 bits per heavy atom. The fourth-order valence-electron chi connectivity index (χ4n) is 1.54. The van der Waals surface area contributed by atoms with Gasteiger partial charge in [0.1, 0.15) is 5.38 Å². The van der Waals surface area contributed by atoms with Gasteiger partial charge in [0, 0.05) is 5.57 Å². The second-order valence-corrected chi connectivity index (χ2v) is 3.59. The normalized spacial score (nSPS) is 21.7. The van der Waals surface area contributed by atoms with E-state index in [0.717, 1.165) is 16.7 Å². The third-order valence-electron chi connectivity index (χ3n) is 2.31. The molecule has 66 valence electrons. The molecule has 2 heteroatoms. The molecule has 1 aromatic rings. The van der Waals surface area contributed by atoms with Crippen LogP contribution in [0.15, 0.2) is 35.9 Å². The van der Waals surface area contributed by atoms with Crippen LogP contribution in [0.4, 0.5) is 0 Å². The maximum Gasteiger partial charge on any atom is 0.185 e. The average Bonchev–Trinajstić information content (AvgIpc) is 2.19. The predicted molar refractivity (Wildman–Crippen MR) is 53.7 cm³/mol. The zero-order valence-corrected chi connectivity index (χ0v) is 8.01. The summed E-state index contributed by atoms with van der Waals surface area (Å²) in [4.78, 5) is 11.4. The summed E-state index contributed by atoms with van der Waals surface area (Å²) in [7, 11) is 0. The van der Waals surface area contributed by atoms with Crippen molar-refractivity contribution in [3.05, 3.63) is 41.5 Å². The van der Waals surface area contributed by atoms with Crippen molar-refractivity contribution in [2.75, 3.05) is 0 Å². The SMILES string of the molecule is CC1=C(c2ccccc2)C(=O)C1Cl. The third kappa shape index (κ3) is 1.20. The zero-order chi connectivity index (χ0) is 9.42. The highest BCUT2D eigenvalue weighted by Crippen LogP contribution is 2.35. The lowest BCUT2D eigenvalue weighted by atomic mass is 9.83. The summed E-state index contributed by atoms with van der Waals surface area (Å²) in [6, 6.07) is 9.63. The van der Waals surface area contributed by atoms with Gasteiger partial charge >= 0.3 is 0 Å². The molecule has 2 rings (SSSR count). The van der Waals surface area contributed by atoms with E-state index in [1.165, 1.54) is 0 Å². The first kappa shape index (κ1) is 8.52. The summed E-state index contributed by atoms with van der Waals surface area (Å²) >= 11 is 5.79. The van der Waals surface area contributed by atoms with Gasteiger partial charge in [-0.1, -0.05) is 30.3 Å². The van der Waals surface area contributed by atoms with Crippen molar-refractivity contribution in [3.63, 3.8) is 0 Å². The van der Waals surface area contributed by atoms with Crippen LogP contribution in [0.25, 0.3) is 5.57 Å². The smallest absolute Gasteiger partial charge is 0.185 e. The Morgan fingerprint density at radius 3 is 2.38 bits per heavy atom. The number of alkyl halides is 1. The fraction of sp³-hybridized carbons (Fsp3) is 0.182. The molecular formula is C11H9ClO. The number of halogens is 1. The Hall–Kier alpha value is -1.08. The summed E-state index contributed by atoms with van der Waals surface area (Å²) in [5.74, 6) is 0.0466. The first-order chi connectivity index (χ1) is 6.22. The van der Waals surface area contributed by atoms with Gasteiger partial charge in [-0.2, -0.15) is 0 Å². The van der Waals surface area contributed by atoms with Crippen molar-refractivity contribution in [3.8, 4) is 0 Å². The van der Waals surface area contributed by atoms with E-state index in [-0.39, 0.29) is 5.78 Å². The Labute approximate surface area is 82.0 Å². The van der Waals surface area contributed by atoms with Gasteiger partial charge in [0.25, 0.3) is 0 Å². The minimum Gasteiger partial charge on any atom is -0.292 e. The van der Waals surface area contributed by atoms with E-state index in [9.17, 15) is 4.79 Å². The summed E-state index contributed by atoms with van der Waals surface area (Å²) in [5, 5.41) is -0.393. The lowest BCUT2D eigenvalue weighted by molar-refractivity contribution is -0.114. The lowest BCUT2D eigenvalue weighted by Gasteiger charge is -2.25. The van der Waals surface area contributed by atoms with Crippen molar-refractivity contribution in [1.29, 1.82) is 0 Å². The maximum absolute atomic E-state index is 11.4. The van der Waals surface area contributed by atoms with Gasteiger partial charge in [0.2, 0.25) is 0 Å². The minimum absolute atomic E-state index is 0.0466. The summed E-state index contributed by atoms with van der Waals surface area (Å²) in [6.45, 7) is 1.90. The number of Topliss-reactive ketones (excluding diaryl/α,β-unsaturated/α-hetero) is 1. The van der Waals surface area contributed by atoms with Crippen molar-refractivity contribution < 1.29 is 4.79 Å². The van der Waals surface area contributed by atoms with Crippen molar-refractivity contribution >= 4 is 23.0 Å². The molecule has 0 bridgehead atoms. The summed E-state index contributed by atoms with van der Waals surface area (Å²) in [6.07, 6.45) is 0. The largest absolute Gasteiger partial charge is 0.292 e. The number of hydrogen-bond donors (Lipinski definition) is 0. The molecule has 1 aromatic carbocycles. The minimum atomic E-state index is -0.393. The van der Waals surface area contributed by atoms with E-state index in [0.29, 0.717) is 0 Å². The number of allylic oxidation sites excluding steroid dienone is 2. The van der Waals surface area contributed by atoms with E-state index < -0.39 is 5.38 Å². The molecule has 1 atom stereocenters. The standard InChI is InChI=1S/C11H9ClO/c1-7-9(11(13)10(7)12)8-5-3-2-4-6-8/h2-6,10H,1H3. The van der Waals surface area contributed by atoms with Crippen LogP contribution >= 0.6 is 11.6 Å². The molecule has 0 N–H and O–H groups in total. The number of carbonyl (C=O) groups is 1. The van der Waals surface area contributed by atoms with Gasteiger partial charge < -0.3 is 0 Å². The number of benzene rings is 1. The fourth-order valence-corrected chi connectivity index (χ4v) is 1.76. The second-order valence-electron chi connectivity index (χ2n) is 3.15. The van der Waals surface area contributed by atoms with Crippen LogP contribution in [0, 0.1) is 0 Å². The Morgan fingerprint density at radius 2 is 1.85 bits per heavy atom. The molecule has 1 aliphatic rings. The maximum atomic E-state index is 11.4.